The molecule has 0 unspecified atom stereocenters. The maximum absolute atomic E-state index is 12.3. The molecule has 0 radical (unpaired) electrons. The smallest absolute Gasteiger partial charge is 0.354 e. The number of nitrogens with zero attached hydrogens (tertiary/aromatic N) is 5. The molecule has 0 saturated carbocycles. The van der Waals surface area contributed by atoms with Gasteiger partial charge in [0.15, 0.2) is 0 Å². The van der Waals surface area contributed by atoms with E-state index in [1.807, 2.05) is 36.4 Å². The average Bonchev–Trinajstić information content (AvgIpc) is 2.88. The van der Waals surface area contributed by atoms with E-state index >= 15 is 0 Å². The molecule has 0 aliphatic heterocycles. The SMILES string of the molecule is COc1ccc(OC)c(Nc2ncnc(N(Cc3ccccc3)c3ccccn3)c2[N+](=O)[O-])c1. The average molecular weight is 458 g/mol. The molecule has 0 spiro atoms. The first-order valence-electron chi connectivity index (χ1n) is 10.3. The van der Waals surface area contributed by atoms with Crippen molar-refractivity contribution in [2.45, 2.75) is 6.54 Å². The molecule has 0 fully saturated rings. The van der Waals surface area contributed by atoms with Gasteiger partial charge in [0.1, 0.15) is 23.6 Å². The van der Waals surface area contributed by atoms with Crippen LogP contribution < -0.4 is 19.7 Å². The molecule has 10 nitrogen and oxygen atoms in total. The Balaban J connectivity index is 1.83. The van der Waals surface area contributed by atoms with E-state index in [-0.39, 0.29) is 17.3 Å². The van der Waals surface area contributed by atoms with Crippen molar-refractivity contribution in [3.05, 3.63) is 94.9 Å². The summed E-state index contributed by atoms with van der Waals surface area (Å²) in [7, 11) is 3.04. The van der Waals surface area contributed by atoms with Crippen LogP contribution in [0.2, 0.25) is 0 Å². The van der Waals surface area contributed by atoms with E-state index in [4.69, 9.17) is 9.47 Å². The van der Waals surface area contributed by atoms with Gasteiger partial charge in [-0.15, -0.1) is 0 Å². The normalized spacial score (nSPS) is 10.4. The van der Waals surface area contributed by atoms with Crippen molar-refractivity contribution < 1.29 is 14.4 Å². The van der Waals surface area contributed by atoms with Gasteiger partial charge in [0.05, 0.1) is 31.4 Å². The Labute approximate surface area is 196 Å². The van der Waals surface area contributed by atoms with E-state index in [1.54, 1.807) is 41.4 Å². The Hall–Kier alpha value is -4.73. The molecular weight excluding hydrogens is 436 g/mol. The quantitative estimate of drug-likeness (QED) is 0.277. The second kappa shape index (κ2) is 10.3. The number of ether oxygens (including phenoxy) is 2. The summed E-state index contributed by atoms with van der Waals surface area (Å²) in [6.45, 7) is 0.317. The van der Waals surface area contributed by atoms with Gasteiger partial charge in [-0.1, -0.05) is 36.4 Å². The first kappa shape index (κ1) is 22.5. The fourth-order valence-corrected chi connectivity index (χ4v) is 3.41. The maximum atomic E-state index is 12.3. The van der Waals surface area contributed by atoms with E-state index in [0.29, 0.717) is 29.5 Å². The van der Waals surface area contributed by atoms with E-state index in [1.165, 1.54) is 20.5 Å². The Kier molecular flexibility index (Phi) is 6.78. The van der Waals surface area contributed by atoms with E-state index < -0.39 is 4.92 Å². The highest BCUT2D eigenvalue weighted by Crippen LogP contribution is 2.39. The maximum Gasteiger partial charge on any atom is 0.354 e. The lowest BCUT2D eigenvalue weighted by Gasteiger charge is -2.23. The molecule has 34 heavy (non-hydrogen) atoms. The highest BCUT2D eigenvalue weighted by molar-refractivity contribution is 5.79. The molecule has 2 heterocycles. The zero-order chi connectivity index (χ0) is 23.9. The number of benzene rings is 2. The topological polar surface area (TPSA) is 116 Å². The number of pyridine rings is 1. The number of aromatic nitrogens is 3. The Morgan fingerprint density at radius 2 is 1.76 bits per heavy atom. The molecule has 172 valence electrons. The first-order chi connectivity index (χ1) is 16.6. The Morgan fingerprint density at radius 1 is 0.971 bits per heavy atom. The third kappa shape index (κ3) is 4.85. The van der Waals surface area contributed by atoms with Crippen LogP contribution in [0.4, 0.5) is 28.8 Å². The van der Waals surface area contributed by atoms with Crippen LogP contribution in [0.15, 0.2) is 79.3 Å². The van der Waals surface area contributed by atoms with Crippen molar-refractivity contribution in [3.8, 4) is 11.5 Å². The molecule has 0 atom stereocenters. The number of rotatable bonds is 9. The zero-order valence-corrected chi connectivity index (χ0v) is 18.6. The van der Waals surface area contributed by atoms with Gasteiger partial charge in [-0.25, -0.2) is 15.0 Å². The van der Waals surface area contributed by atoms with Gasteiger partial charge in [-0.05, 0) is 29.8 Å². The third-order valence-electron chi connectivity index (χ3n) is 5.01. The summed E-state index contributed by atoms with van der Waals surface area (Å²) in [5.74, 6) is 1.65. The van der Waals surface area contributed by atoms with Crippen molar-refractivity contribution in [1.82, 2.24) is 15.0 Å². The van der Waals surface area contributed by atoms with Gasteiger partial charge < -0.3 is 19.7 Å². The summed E-state index contributed by atoms with van der Waals surface area (Å²) in [6.07, 6.45) is 2.90. The number of nitro groups is 1. The van der Waals surface area contributed by atoms with Crippen molar-refractivity contribution >= 4 is 28.8 Å². The van der Waals surface area contributed by atoms with Gasteiger partial charge in [0.25, 0.3) is 0 Å². The van der Waals surface area contributed by atoms with Crippen LogP contribution in [-0.4, -0.2) is 34.1 Å². The fraction of sp³-hybridized carbons (Fsp3) is 0.125. The van der Waals surface area contributed by atoms with E-state index in [9.17, 15) is 10.1 Å². The van der Waals surface area contributed by atoms with Gasteiger partial charge >= 0.3 is 5.69 Å². The fourth-order valence-electron chi connectivity index (χ4n) is 3.41. The molecule has 0 aliphatic carbocycles. The van der Waals surface area contributed by atoms with Gasteiger partial charge in [0, 0.05) is 12.3 Å². The van der Waals surface area contributed by atoms with Gasteiger partial charge in [-0.3, -0.25) is 10.1 Å². The molecule has 0 amide bonds. The minimum atomic E-state index is -0.509. The molecule has 2 aromatic carbocycles. The molecule has 1 N–H and O–H groups in total. The van der Waals surface area contributed by atoms with Crippen LogP contribution in [-0.2, 0) is 6.54 Å². The highest BCUT2D eigenvalue weighted by atomic mass is 16.6. The lowest BCUT2D eigenvalue weighted by atomic mass is 10.2. The number of methoxy groups -OCH3 is 2. The van der Waals surface area contributed by atoms with Crippen molar-refractivity contribution in [2.24, 2.45) is 0 Å². The van der Waals surface area contributed by atoms with Crippen molar-refractivity contribution in [1.29, 1.82) is 0 Å². The van der Waals surface area contributed by atoms with Gasteiger partial charge in [0.2, 0.25) is 11.6 Å². The predicted octanol–water partition coefficient (Wildman–Crippen LogP) is 4.88. The standard InChI is InChI=1S/C24H22N6O4/c1-33-18-11-12-20(34-2)19(14-18)28-23-22(30(31)32)24(27-16-26-23)29(21-10-6-7-13-25-21)15-17-8-4-3-5-9-17/h3-14,16H,15H2,1-2H3,(H,26,27,28). The molecule has 0 aliphatic rings. The third-order valence-corrected chi connectivity index (χ3v) is 5.01. The van der Waals surface area contributed by atoms with Crippen LogP contribution in [0.5, 0.6) is 11.5 Å². The second-order valence-corrected chi connectivity index (χ2v) is 7.10. The summed E-state index contributed by atoms with van der Waals surface area (Å²) < 4.78 is 10.7. The largest absolute Gasteiger partial charge is 0.497 e. The number of nitrogens with one attached hydrogen (secondary N) is 1. The van der Waals surface area contributed by atoms with Crippen LogP contribution in [0, 0.1) is 10.1 Å². The first-order valence-corrected chi connectivity index (χ1v) is 10.3. The lowest BCUT2D eigenvalue weighted by Crippen LogP contribution is -2.21. The van der Waals surface area contributed by atoms with Gasteiger partial charge in [-0.2, -0.15) is 0 Å². The highest BCUT2D eigenvalue weighted by Gasteiger charge is 2.29. The van der Waals surface area contributed by atoms with Crippen LogP contribution in [0.1, 0.15) is 5.56 Å². The minimum Gasteiger partial charge on any atom is -0.497 e. The van der Waals surface area contributed by atoms with Crippen LogP contribution in [0.3, 0.4) is 0 Å². The predicted molar refractivity (Wildman–Crippen MR) is 128 cm³/mol. The number of hydrogen-bond donors (Lipinski definition) is 1. The molecular formula is C24H22N6O4. The molecule has 0 bridgehead atoms. The van der Waals surface area contributed by atoms with E-state index in [0.717, 1.165) is 5.56 Å². The number of hydrogen-bond acceptors (Lipinski definition) is 9. The van der Waals surface area contributed by atoms with Crippen molar-refractivity contribution in [3.63, 3.8) is 0 Å². The Bertz CT molecular complexity index is 1270. The van der Waals surface area contributed by atoms with E-state index in [2.05, 4.69) is 20.3 Å². The zero-order valence-electron chi connectivity index (χ0n) is 18.6. The number of anilines is 4. The summed E-state index contributed by atoms with van der Waals surface area (Å²) in [5, 5.41) is 15.3. The molecule has 2 aromatic heterocycles. The summed E-state index contributed by atoms with van der Waals surface area (Å²) in [6, 6.07) is 20.0. The minimum absolute atomic E-state index is 0.00976. The molecule has 4 aromatic rings. The van der Waals surface area contributed by atoms with Crippen LogP contribution >= 0.6 is 0 Å². The van der Waals surface area contributed by atoms with Crippen LogP contribution in [0.25, 0.3) is 0 Å². The molecule has 10 heteroatoms. The summed E-state index contributed by atoms with van der Waals surface area (Å²) >= 11 is 0. The second-order valence-electron chi connectivity index (χ2n) is 7.10. The Morgan fingerprint density at radius 3 is 2.44 bits per heavy atom. The summed E-state index contributed by atoms with van der Waals surface area (Å²) in [4.78, 5) is 26.3. The molecule has 0 saturated heterocycles. The molecule has 4 rings (SSSR count). The summed E-state index contributed by atoms with van der Waals surface area (Å²) in [5.41, 5.74) is 1.10. The lowest BCUT2D eigenvalue weighted by molar-refractivity contribution is -0.383. The monoisotopic (exact) mass is 458 g/mol. The van der Waals surface area contributed by atoms with Crippen molar-refractivity contribution in [2.75, 3.05) is 24.4 Å².